The highest BCUT2D eigenvalue weighted by Gasteiger charge is 2.17. The van der Waals surface area contributed by atoms with Gasteiger partial charge in [0.1, 0.15) is 5.65 Å². The molecule has 1 atom stereocenters. The molecular formula is C19H17F2N5O2. The smallest absolute Gasteiger partial charge is 0.264 e. The first-order valence-electron chi connectivity index (χ1n) is 8.53. The molecule has 1 unspecified atom stereocenters. The third-order valence-corrected chi connectivity index (χ3v) is 4.41. The molecule has 0 aliphatic heterocycles. The minimum atomic E-state index is -2.58. The van der Waals surface area contributed by atoms with Gasteiger partial charge in [-0.2, -0.15) is 4.98 Å². The molecule has 4 rings (SSSR count). The number of anilines is 1. The summed E-state index contributed by atoms with van der Waals surface area (Å²) in [5.74, 6) is 0.906. The van der Waals surface area contributed by atoms with Crippen LogP contribution in [-0.2, 0) is 0 Å². The highest BCUT2D eigenvalue weighted by atomic mass is 19.3. The van der Waals surface area contributed by atoms with E-state index in [1.807, 2.05) is 19.1 Å². The van der Waals surface area contributed by atoms with Crippen LogP contribution in [0.4, 0.5) is 14.5 Å². The molecule has 0 aliphatic rings. The van der Waals surface area contributed by atoms with Crippen molar-refractivity contribution in [3.8, 4) is 11.4 Å². The first-order valence-corrected chi connectivity index (χ1v) is 8.53. The molecule has 28 heavy (non-hydrogen) atoms. The second kappa shape index (κ2) is 7.01. The highest BCUT2D eigenvalue weighted by molar-refractivity contribution is 5.65. The first-order chi connectivity index (χ1) is 13.4. The summed E-state index contributed by atoms with van der Waals surface area (Å²) in [4.78, 5) is 8.31. The number of alkyl halides is 2. The molecule has 0 radical (unpaired) electrons. The number of hydrogen-bond donors (Lipinski definition) is 2. The molecular weight excluding hydrogens is 368 g/mol. The summed E-state index contributed by atoms with van der Waals surface area (Å²) < 4.78 is 32.3. The number of aryl methyl sites for hydroxylation is 2. The maximum absolute atomic E-state index is 12.9. The average Bonchev–Trinajstić information content (AvgIpc) is 3.29. The van der Waals surface area contributed by atoms with Crippen LogP contribution >= 0.6 is 0 Å². The standard InChI is InChI=1S/C19H17F2N5O2/c1-10-3-4-13(18-23-11(2)28-25-18)7-14(10)24-19(27)15-9-22-16-8-12(17(20)21)5-6-26(15)16/h3-9,17,19,24,27H,1-2H3. The first kappa shape index (κ1) is 18.1. The molecule has 0 saturated carbocycles. The Morgan fingerprint density at radius 3 is 2.71 bits per heavy atom. The van der Waals surface area contributed by atoms with Gasteiger partial charge in [0.15, 0.2) is 6.23 Å². The third kappa shape index (κ3) is 3.31. The second-order valence-corrected chi connectivity index (χ2v) is 6.39. The SMILES string of the molecule is Cc1nc(-c2ccc(C)c(NC(O)c3cnc4cc(C(F)F)ccn34)c2)no1. The van der Waals surface area contributed by atoms with Gasteiger partial charge in [-0.05, 0) is 30.7 Å². The van der Waals surface area contributed by atoms with E-state index in [2.05, 4.69) is 20.4 Å². The summed E-state index contributed by atoms with van der Waals surface area (Å²) >= 11 is 0. The van der Waals surface area contributed by atoms with Crippen molar-refractivity contribution < 1.29 is 18.4 Å². The number of halogens is 2. The lowest BCUT2D eigenvalue weighted by molar-refractivity contribution is 0.151. The van der Waals surface area contributed by atoms with Crippen molar-refractivity contribution in [2.45, 2.75) is 26.5 Å². The fraction of sp³-hybridized carbons (Fsp3) is 0.211. The summed E-state index contributed by atoms with van der Waals surface area (Å²) in [5, 5.41) is 17.6. The van der Waals surface area contributed by atoms with Crippen molar-refractivity contribution in [1.29, 1.82) is 0 Å². The van der Waals surface area contributed by atoms with Gasteiger partial charge in [-0.3, -0.25) is 4.40 Å². The van der Waals surface area contributed by atoms with Gasteiger partial charge in [-0.1, -0.05) is 17.3 Å². The number of benzene rings is 1. The third-order valence-electron chi connectivity index (χ3n) is 4.41. The lowest BCUT2D eigenvalue weighted by Gasteiger charge is -2.16. The van der Waals surface area contributed by atoms with E-state index < -0.39 is 12.7 Å². The van der Waals surface area contributed by atoms with E-state index >= 15 is 0 Å². The molecule has 0 fully saturated rings. The zero-order valence-corrected chi connectivity index (χ0v) is 15.1. The molecule has 4 aromatic rings. The van der Waals surface area contributed by atoms with Crippen molar-refractivity contribution in [3.63, 3.8) is 0 Å². The van der Waals surface area contributed by atoms with Gasteiger partial charge in [0, 0.05) is 29.9 Å². The predicted octanol–water partition coefficient (Wildman–Crippen LogP) is 4.04. The summed E-state index contributed by atoms with van der Waals surface area (Å²) in [7, 11) is 0. The maximum atomic E-state index is 12.9. The molecule has 144 valence electrons. The van der Waals surface area contributed by atoms with E-state index in [-0.39, 0.29) is 5.56 Å². The van der Waals surface area contributed by atoms with Crippen LogP contribution in [0.1, 0.15) is 35.4 Å². The van der Waals surface area contributed by atoms with Gasteiger partial charge in [0.2, 0.25) is 11.7 Å². The molecule has 2 N–H and O–H groups in total. The molecule has 0 spiro atoms. The molecule has 1 aromatic carbocycles. The number of rotatable bonds is 5. The van der Waals surface area contributed by atoms with Crippen molar-refractivity contribution in [2.24, 2.45) is 0 Å². The normalized spacial score (nSPS) is 12.6. The Morgan fingerprint density at radius 2 is 2.00 bits per heavy atom. The number of fused-ring (bicyclic) bond motifs is 1. The van der Waals surface area contributed by atoms with Gasteiger partial charge < -0.3 is 14.9 Å². The van der Waals surface area contributed by atoms with Gasteiger partial charge in [0.25, 0.3) is 6.43 Å². The van der Waals surface area contributed by atoms with Crippen LogP contribution in [0, 0.1) is 13.8 Å². The van der Waals surface area contributed by atoms with Crippen LogP contribution in [0.25, 0.3) is 17.0 Å². The Kier molecular flexibility index (Phi) is 4.52. The van der Waals surface area contributed by atoms with Crippen LogP contribution in [0.15, 0.2) is 47.2 Å². The second-order valence-electron chi connectivity index (χ2n) is 6.39. The zero-order chi connectivity index (χ0) is 19.8. The largest absolute Gasteiger partial charge is 0.368 e. The molecule has 0 amide bonds. The minimum absolute atomic E-state index is 0.119. The molecule has 9 heteroatoms. The fourth-order valence-electron chi connectivity index (χ4n) is 2.91. The van der Waals surface area contributed by atoms with Gasteiger partial charge in [-0.25, -0.2) is 13.8 Å². The molecule has 3 aromatic heterocycles. The van der Waals surface area contributed by atoms with E-state index in [1.54, 1.807) is 17.4 Å². The topological polar surface area (TPSA) is 88.5 Å². The van der Waals surface area contributed by atoms with Crippen LogP contribution in [0.2, 0.25) is 0 Å². The van der Waals surface area contributed by atoms with E-state index in [9.17, 15) is 13.9 Å². The van der Waals surface area contributed by atoms with Crippen LogP contribution in [0.5, 0.6) is 0 Å². The number of aliphatic hydroxyl groups is 1. The zero-order valence-electron chi connectivity index (χ0n) is 15.1. The van der Waals surface area contributed by atoms with Crippen LogP contribution < -0.4 is 5.32 Å². The highest BCUT2D eigenvalue weighted by Crippen LogP contribution is 2.27. The quantitative estimate of drug-likeness (QED) is 0.504. The Hall–Kier alpha value is -3.33. The molecule has 3 heterocycles. The summed E-state index contributed by atoms with van der Waals surface area (Å²) in [6.45, 7) is 3.60. The van der Waals surface area contributed by atoms with Gasteiger partial charge >= 0.3 is 0 Å². The van der Waals surface area contributed by atoms with Crippen LogP contribution in [-0.4, -0.2) is 24.6 Å². The van der Waals surface area contributed by atoms with E-state index in [0.717, 1.165) is 11.1 Å². The van der Waals surface area contributed by atoms with E-state index in [1.165, 1.54) is 24.5 Å². The number of aliphatic hydroxyl groups excluding tert-OH is 1. The maximum Gasteiger partial charge on any atom is 0.264 e. The van der Waals surface area contributed by atoms with Gasteiger partial charge in [-0.15, -0.1) is 0 Å². The Labute approximate surface area is 158 Å². The minimum Gasteiger partial charge on any atom is -0.368 e. The predicted molar refractivity (Wildman–Crippen MR) is 97.9 cm³/mol. The van der Waals surface area contributed by atoms with Crippen molar-refractivity contribution in [2.75, 3.05) is 5.32 Å². The Morgan fingerprint density at radius 1 is 1.18 bits per heavy atom. The summed E-state index contributed by atoms with van der Waals surface area (Å²) in [6, 6.07) is 8.14. The lowest BCUT2D eigenvalue weighted by Crippen LogP contribution is -2.13. The lowest BCUT2D eigenvalue weighted by atomic mass is 10.1. The van der Waals surface area contributed by atoms with Gasteiger partial charge in [0.05, 0.1) is 11.9 Å². The van der Waals surface area contributed by atoms with E-state index in [0.29, 0.717) is 28.7 Å². The Balaban J connectivity index is 1.63. The number of pyridine rings is 1. The monoisotopic (exact) mass is 385 g/mol. The number of aromatic nitrogens is 4. The number of imidazole rings is 1. The van der Waals surface area contributed by atoms with Crippen LogP contribution in [0.3, 0.4) is 0 Å². The molecule has 7 nitrogen and oxygen atoms in total. The molecule has 0 aliphatic carbocycles. The molecule has 0 saturated heterocycles. The number of hydrogen-bond acceptors (Lipinski definition) is 6. The Bertz CT molecular complexity index is 1140. The van der Waals surface area contributed by atoms with Crippen molar-refractivity contribution in [3.05, 3.63) is 65.4 Å². The fourth-order valence-corrected chi connectivity index (χ4v) is 2.91. The molecule has 0 bridgehead atoms. The average molecular weight is 385 g/mol. The number of nitrogens with zero attached hydrogens (tertiary/aromatic N) is 4. The van der Waals surface area contributed by atoms with E-state index in [4.69, 9.17) is 4.52 Å². The number of nitrogens with one attached hydrogen (secondary N) is 1. The summed E-state index contributed by atoms with van der Waals surface area (Å²) in [6.07, 6.45) is -0.764. The van der Waals surface area contributed by atoms with Crippen molar-refractivity contribution in [1.82, 2.24) is 19.5 Å². The van der Waals surface area contributed by atoms with Crippen molar-refractivity contribution >= 4 is 11.3 Å². The summed E-state index contributed by atoms with van der Waals surface area (Å²) in [5.41, 5.74) is 2.95.